The van der Waals surface area contributed by atoms with Crippen molar-refractivity contribution in [2.45, 2.75) is 27.4 Å². The fourth-order valence-corrected chi connectivity index (χ4v) is 2.91. The lowest BCUT2D eigenvalue weighted by molar-refractivity contribution is -0.110. The van der Waals surface area contributed by atoms with Gasteiger partial charge in [-0.2, -0.15) is 0 Å². The van der Waals surface area contributed by atoms with Gasteiger partial charge in [-0.15, -0.1) is 0 Å². The molecule has 1 saturated heterocycles. The number of ether oxygens (including phenoxy) is 1. The summed E-state index contributed by atoms with van der Waals surface area (Å²) >= 11 is 0. The number of rotatable bonds is 4. The number of carbonyl (C=O) groups excluding carboxylic acids is 1. The number of fused-ring (bicyclic) bond motifs is 1. The van der Waals surface area contributed by atoms with Crippen molar-refractivity contribution in [3.05, 3.63) is 64.8 Å². The first kappa shape index (κ1) is 18.7. The fraction of sp³-hybridized carbons (Fsp3) is 0.273. The Morgan fingerprint density at radius 3 is 2.52 bits per heavy atom. The van der Waals surface area contributed by atoms with E-state index in [0.29, 0.717) is 13.2 Å². The van der Waals surface area contributed by atoms with E-state index < -0.39 is 0 Å². The van der Waals surface area contributed by atoms with Gasteiger partial charge in [0.15, 0.2) is 0 Å². The molecule has 0 spiro atoms. The molecule has 1 aromatic heterocycles. The van der Waals surface area contributed by atoms with Gasteiger partial charge in [0, 0.05) is 23.8 Å². The van der Waals surface area contributed by atoms with Crippen molar-refractivity contribution in [3.63, 3.8) is 0 Å². The zero-order chi connectivity index (χ0) is 19.4. The molecule has 140 valence electrons. The van der Waals surface area contributed by atoms with Gasteiger partial charge in [0.25, 0.3) is 0 Å². The third kappa shape index (κ3) is 4.56. The van der Waals surface area contributed by atoms with E-state index in [1.165, 1.54) is 16.7 Å². The van der Waals surface area contributed by atoms with Crippen LogP contribution in [0.3, 0.4) is 0 Å². The van der Waals surface area contributed by atoms with Gasteiger partial charge >= 0.3 is 0 Å². The normalized spacial score (nSPS) is 12.1. The number of para-hydroxylation sites is 1. The van der Waals surface area contributed by atoms with E-state index in [0.717, 1.165) is 28.0 Å². The minimum Gasteiger partial charge on any atom is -0.487 e. The molecule has 0 radical (unpaired) electrons. The van der Waals surface area contributed by atoms with Crippen LogP contribution in [0.15, 0.2) is 42.5 Å². The number of amides is 1. The molecular formula is C22H25N3O2. The molecule has 1 aliphatic heterocycles. The molecule has 27 heavy (non-hydrogen) atoms. The second kappa shape index (κ2) is 8.08. The molecular weight excluding hydrogens is 338 g/mol. The molecule has 4 rings (SSSR count). The van der Waals surface area contributed by atoms with E-state index >= 15 is 0 Å². The molecule has 0 bridgehead atoms. The third-order valence-corrected chi connectivity index (χ3v) is 4.62. The van der Waals surface area contributed by atoms with E-state index in [1.54, 1.807) is 0 Å². The van der Waals surface area contributed by atoms with E-state index in [2.05, 4.69) is 53.7 Å². The minimum absolute atomic E-state index is 0.167. The zero-order valence-corrected chi connectivity index (χ0v) is 16.2. The summed E-state index contributed by atoms with van der Waals surface area (Å²) in [6.07, 6.45) is 0. The highest BCUT2D eigenvalue weighted by Crippen LogP contribution is 2.27. The Bertz CT molecular complexity index is 977. The Balaban J connectivity index is 0.000000466. The molecule has 2 aromatic carbocycles. The number of aromatic nitrogens is 1. The third-order valence-electron chi connectivity index (χ3n) is 4.62. The summed E-state index contributed by atoms with van der Waals surface area (Å²) in [5.41, 5.74) is 6.76. The Morgan fingerprint density at radius 2 is 1.85 bits per heavy atom. The highest BCUT2D eigenvalue weighted by atomic mass is 16.5. The smallest absolute Gasteiger partial charge is 0.239 e. The quantitative estimate of drug-likeness (QED) is 0.690. The predicted molar refractivity (Wildman–Crippen MR) is 109 cm³/mol. The Kier molecular flexibility index (Phi) is 5.60. The summed E-state index contributed by atoms with van der Waals surface area (Å²) in [4.78, 5) is 14.1. The second-order valence-electron chi connectivity index (χ2n) is 6.63. The van der Waals surface area contributed by atoms with Gasteiger partial charge in [0.2, 0.25) is 5.91 Å². The maximum Gasteiger partial charge on any atom is 0.239 e. The van der Waals surface area contributed by atoms with Crippen molar-refractivity contribution in [2.24, 2.45) is 0 Å². The van der Waals surface area contributed by atoms with Crippen LogP contribution in [0, 0.1) is 20.8 Å². The Morgan fingerprint density at radius 1 is 1.11 bits per heavy atom. The summed E-state index contributed by atoms with van der Waals surface area (Å²) in [7, 11) is 1.94. The van der Waals surface area contributed by atoms with Gasteiger partial charge in [-0.3, -0.25) is 4.79 Å². The second-order valence-corrected chi connectivity index (χ2v) is 6.63. The Labute approximate surface area is 159 Å². The SMILES string of the molecule is CNc1ccc(C)c(COc2cccc3ccc(C)nc23)c1C.O=C1CN1. The van der Waals surface area contributed by atoms with Crippen LogP contribution in [0.4, 0.5) is 5.69 Å². The maximum absolute atomic E-state index is 9.44. The maximum atomic E-state index is 9.44. The fourth-order valence-electron chi connectivity index (χ4n) is 2.91. The molecule has 0 unspecified atom stereocenters. The highest BCUT2D eigenvalue weighted by molar-refractivity contribution is 5.91. The van der Waals surface area contributed by atoms with Crippen LogP contribution in [-0.2, 0) is 11.4 Å². The zero-order valence-electron chi connectivity index (χ0n) is 16.2. The number of anilines is 1. The van der Waals surface area contributed by atoms with Crippen molar-refractivity contribution in [2.75, 3.05) is 18.9 Å². The lowest BCUT2D eigenvalue weighted by Crippen LogP contribution is -2.04. The number of nitrogens with zero attached hydrogens (tertiary/aromatic N) is 1. The number of nitrogens with one attached hydrogen (secondary N) is 2. The van der Waals surface area contributed by atoms with Crippen LogP contribution < -0.4 is 15.4 Å². The first-order valence-corrected chi connectivity index (χ1v) is 9.02. The van der Waals surface area contributed by atoms with E-state index in [4.69, 9.17) is 4.74 Å². The number of benzene rings is 2. The van der Waals surface area contributed by atoms with Crippen LogP contribution in [0.1, 0.15) is 22.4 Å². The minimum atomic E-state index is 0.167. The van der Waals surface area contributed by atoms with Crippen LogP contribution in [0.25, 0.3) is 10.9 Å². The van der Waals surface area contributed by atoms with E-state index in [1.807, 2.05) is 32.2 Å². The molecule has 5 nitrogen and oxygen atoms in total. The first-order valence-electron chi connectivity index (χ1n) is 9.02. The van der Waals surface area contributed by atoms with Gasteiger partial charge in [-0.1, -0.05) is 24.3 Å². The molecule has 1 aliphatic rings. The lowest BCUT2D eigenvalue weighted by Gasteiger charge is -2.15. The molecule has 1 amide bonds. The van der Waals surface area contributed by atoms with Crippen LogP contribution in [0.2, 0.25) is 0 Å². The van der Waals surface area contributed by atoms with Crippen molar-refractivity contribution < 1.29 is 9.53 Å². The van der Waals surface area contributed by atoms with E-state index in [9.17, 15) is 4.79 Å². The highest BCUT2D eigenvalue weighted by Gasteiger charge is 2.11. The van der Waals surface area contributed by atoms with Gasteiger partial charge in [-0.25, -0.2) is 4.98 Å². The van der Waals surface area contributed by atoms with E-state index in [-0.39, 0.29) is 5.91 Å². The van der Waals surface area contributed by atoms with Gasteiger partial charge in [0.1, 0.15) is 17.9 Å². The topological polar surface area (TPSA) is 73.2 Å². The Hall–Kier alpha value is -3.08. The molecule has 2 N–H and O–H groups in total. The number of aryl methyl sites for hydroxylation is 2. The molecule has 0 atom stereocenters. The number of hydrogen-bond donors (Lipinski definition) is 2. The summed E-state index contributed by atoms with van der Waals surface area (Å²) in [5, 5.41) is 6.79. The van der Waals surface area contributed by atoms with Crippen LogP contribution in [0.5, 0.6) is 5.75 Å². The number of pyridine rings is 1. The number of hydrogen-bond acceptors (Lipinski definition) is 4. The summed E-state index contributed by atoms with van der Waals surface area (Å²) in [5.74, 6) is 1.000. The number of carbonyl (C=O) groups is 1. The van der Waals surface area contributed by atoms with Crippen molar-refractivity contribution in [3.8, 4) is 5.75 Å². The molecule has 3 aromatic rings. The monoisotopic (exact) mass is 363 g/mol. The van der Waals surface area contributed by atoms with Crippen LogP contribution in [-0.4, -0.2) is 24.5 Å². The molecule has 2 heterocycles. The largest absolute Gasteiger partial charge is 0.487 e. The van der Waals surface area contributed by atoms with Gasteiger partial charge < -0.3 is 15.4 Å². The van der Waals surface area contributed by atoms with Gasteiger partial charge in [-0.05, 0) is 55.7 Å². The molecule has 1 fully saturated rings. The lowest BCUT2D eigenvalue weighted by atomic mass is 10.0. The van der Waals surface area contributed by atoms with Crippen molar-refractivity contribution in [1.29, 1.82) is 0 Å². The molecule has 0 saturated carbocycles. The summed E-state index contributed by atoms with van der Waals surface area (Å²) in [6.45, 7) is 7.39. The van der Waals surface area contributed by atoms with Crippen molar-refractivity contribution >= 4 is 22.5 Å². The van der Waals surface area contributed by atoms with Crippen LogP contribution >= 0.6 is 0 Å². The van der Waals surface area contributed by atoms with Crippen molar-refractivity contribution in [1.82, 2.24) is 10.3 Å². The average Bonchev–Trinajstić information content (AvgIpc) is 3.44. The average molecular weight is 363 g/mol. The predicted octanol–water partition coefficient (Wildman–Crippen LogP) is 3.90. The van der Waals surface area contributed by atoms with Gasteiger partial charge in [0.05, 0.1) is 6.54 Å². The summed E-state index contributed by atoms with van der Waals surface area (Å²) < 4.78 is 6.13. The molecule has 0 aliphatic carbocycles. The summed E-state index contributed by atoms with van der Waals surface area (Å²) in [6, 6.07) is 14.4. The first-order chi connectivity index (χ1) is 13.0. The molecule has 5 heteroatoms. The standard InChI is InChI=1S/C20H22N2O.C2H3NO/c1-13-8-11-18(21-4)15(3)17(13)12-23-19-7-5-6-16-10-9-14(2)22-20(16)19;4-2-1-3-2/h5-11,21H,12H2,1-4H3;1H2,(H,3,4).